The van der Waals surface area contributed by atoms with Crippen molar-refractivity contribution in [3.05, 3.63) is 28.8 Å². The molecule has 0 aliphatic rings. The number of nitrogens with zero attached hydrogens (tertiary/aromatic N) is 2. The van der Waals surface area contributed by atoms with Crippen LogP contribution in [0, 0.1) is 0 Å². The van der Waals surface area contributed by atoms with E-state index in [4.69, 9.17) is 17.3 Å². The number of rotatable bonds is 5. The van der Waals surface area contributed by atoms with Crippen LogP contribution in [-0.2, 0) is 11.3 Å². The van der Waals surface area contributed by atoms with Crippen molar-refractivity contribution in [2.24, 2.45) is 5.73 Å². The number of carbonyl (C=O) groups is 1. The van der Waals surface area contributed by atoms with Crippen LogP contribution in [-0.4, -0.2) is 38.0 Å². The van der Waals surface area contributed by atoms with Crippen molar-refractivity contribution in [2.45, 2.75) is 13.5 Å². The fraction of sp³-hybridized carbons (Fsp3) is 0.462. The molecule has 4 nitrogen and oxygen atoms in total. The lowest BCUT2D eigenvalue weighted by Crippen LogP contribution is -2.36. The minimum Gasteiger partial charge on any atom is -0.362 e. The second kappa shape index (κ2) is 6.61. The largest absolute Gasteiger partial charge is 0.362 e. The van der Waals surface area contributed by atoms with E-state index in [2.05, 4.69) is 0 Å². The average Bonchev–Trinajstić information content (AvgIpc) is 2.35. The molecule has 0 unspecified atom stereocenters. The molecule has 1 rings (SSSR count). The molecule has 100 valence electrons. The molecule has 2 N–H and O–H groups in total. The molecule has 0 saturated heterocycles. The summed E-state index contributed by atoms with van der Waals surface area (Å²) in [6, 6.07) is 5.71. The van der Waals surface area contributed by atoms with Gasteiger partial charge in [-0.05, 0) is 24.6 Å². The Bertz CT molecular complexity index is 421. The van der Waals surface area contributed by atoms with Crippen LogP contribution in [0.2, 0.25) is 5.02 Å². The fourth-order valence-corrected chi connectivity index (χ4v) is 1.84. The Kier molecular flexibility index (Phi) is 5.44. The summed E-state index contributed by atoms with van der Waals surface area (Å²) in [6.45, 7) is 3.52. The maximum Gasteiger partial charge on any atom is 0.241 e. The summed E-state index contributed by atoms with van der Waals surface area (Å²) in [7, 11) is 3.50. The topological polar surface area (TPSA) is 49.6 Å². The Morgan fingerprint density at radius 2 is 2.06 bits per heavy atom. The van der Waals surface area contributed by atoms with E-state index in [0.29, 0.717) is 18.1 Å². The maximum absolute atomic E-state index is 11.7. The van der Waals surface area contributed by atoms with Crippen LogP contribution in [0.3, 0.4) is 0 Å². The van der Waals surface area contributed by atoms with Gasteiger partial charge < -0.3 is 15.5 Å². The Balaban J connectivity index is 2.88. The lowest BCUT2D eigenvalue weighted by molar-refractivity contribution is -0.127. The van der Waals surface area contributed by atoms with Crippen LogP contribution in [0.25, 0.3) is 0 Å². The molecule has 18 heavy (non-hydrogen) atoms. The summed E-state index contributed by atoms with van der Waals surface area (Å²) in [5, 5.41) is 0.644. The molecule has 0 saturated carbocycles. The van der Waals surface area contributed by atoms with Gasteiger partial charge in [0.2, 0.25) is 5.91 Å². The van der Waals surface area contributed by atoms with Gasteiger partial charge in [-0.15, -0.1) is 0 Å². The molecule has 0 aliphatic heterocycles. The van der Waals surface area contributed by atoms with E-state index in [1.165, 1.54) is 0 Å². The van der Waals surface area contributed by atoms with Gasteiger partial charge in [0.15, 0.2) is 0 Å². The van der Waals surface area contributed by atoms with Crippen molar-refractivity contribution in [3.63, 3.8) is 0 Å². The standard InChI is InChI=1S/C13H20ClN3O/c1-4-17(9-13(18)16(2)3)11-6-5-10(8-15)12(14)7-11/h5-7H,4,8-9,15H2,1-3H3. The quantitative estimate of drug-likeness (QED) is 0.885. The van der Waals surface area contributed by atoms with E-state index in [0.717, 1.165) is 17.8 Å². The Morgan fingerprint density at radius 1 is 1.39 bits per heavy atom. The van der Waals surface area contributed by atoms with Gasteiger partial charge in [0.05, 0.1) is 6.54 Å². The molecule has 0 fully saturated rings. The van der Waals surface area contributed by atoms with Crippen molar-refractivity contribution in [3.8, 4) is 0 Å². The molecule has 1 aromatic carbocycles. The number of halogens is 1. The molecular weight excluding hydrogens is 250 g/mol. The molecule has 0 aromatic heterocycles. The number of nitrogens with two attached hydrogens (primary N) is 1. The summed E-state index contributed by atoms with van der Waals surface area (Å²) < 4.78 is 0. The molecule has 0 spiro atoms. The first-order valence-corrected chi connectivity index (χ1v) is 6.31. The van der Waals surface area contributed by atoms with Crippen molar-refractivity contribution < 1.29 is 4.79 Å². The van der Waals surface area contributed by atoms with Crippen LogP contribution in [0.5, 0.6) is 0 Å². The predicted octanol–water partition coefficient (Wildman–Crippen LogP) is 1.71. The van der Waals surface area contributed by atoms with Gasteiger partial charge in [-0.2, -0.15) is 0 Å². The zero-order valence-electron chi connectivity index (χ0n) is 11.1. The lowest BCUT2D eigenvalue weighted by Gasteiger charge is -2.24. The fourth-order valence-electron chi connectivity index (χ4n) is 1.59. The van der Waals surface area contributed by atoms with Gasteiger partial charge in [0.25, 0.3) is 0 Å². The van der Waals surface area contributed by atoms with E-state index in [1.54, 1.807) is 19.0 Å². The Labute approximate surface area is 113 Å². The Morgan fingerprint density at radius 3 is 2.50 bits per heavy atom. The van der Waals surface area contributed by atoms with Crippen LogP contribution >= 0.6 is 11.6 Å². The molecule has 1 amide bonds. The first-order chi connectivity index (χ1) is 8.49. The third-order valence-corrected chi connectivity index (χ3v) is 3.18. The minimum atomic E-state index is 0.0656. The van der Waals surface area contributed by atoms with Gasteiger partial charge in [-0.1, -0.05) is 17.7 Å². The van der Waals surface area contributed by atoms with Gasteiger partial charge in [-0.3, -0.25) is 4.79 Å². The van der Waals surface area contributed by atoms with E-state index >= 15 is 0 Å². The smallest absolute Gasteiger partial charge is 0.241 e. The van der Waals surface area contributed by atoms with Gasteiger partial charge in [0, 0.05) is 37.9 Å². The molecule has 1 aromatic rings. The molecule has 0 radical (unpaired) electrons. The zero-order valence-corrected chi connectivity index (χ0v) is 11.9. The number of likely N-dealkylation sites (N-methyl/N-ethyl adjacent to an activating group) is 2. The van der Waals surface area contributed by atoms with Crippen LogP contribution < -0.4 is 10.6 Å². The highest BCUT2D eigenvalue weighted by Crippen LogP contribution is 2.23. The summed E-state index contributed by atoms with van der Waals surface area (Å²) in [5.74, 6) is 0.0656. The molecule has 0 aliphatic carbocycles. The highest BCUT2D eigenvalue weighted by Gasteiger charge is 2.12. The summed E-state index contributed by atoms with van der Waals surface area (Å²) >= 11 is 6.13. The van der Waals surface area contributed by atoms with E-state index < -0.39 is 0 Å². The number of carbonyl (C=O) groups excluding carboxylic acids is 1. The Hall–Kier alpha value is -1.26. The summed E-state index contributed by atoms with van der Waals surface area (Å²) in [6.07, 6.45) is 0. The molecule has 0 heterocycles. The highest BCUT2D eigenvalue weighted by molar-refractivity contribution is 6.31. The third kappa shape index (κ3) is 3.62. The van der Waals surface area contributed by atoms with Crippen molar-refractivity contribution in [2.75, 3.05) is 32.1 Å². The number of benzene rings is 1. The maximum atomic E-state index is 11.7. The van der Waals surface area contributed by atoms with E-state index in [1.807, 2.05) is 30.0 Å². The van der Waals surface area contributed by atoms with Crippen molar-refractivity contribution in [1.82, 2.24) is 4.90 Å². The third-order valence-electron chi connectivity index (χ3n) is 2.83. The zero-order chi connectivity index (χ0) is 13.7. The molecule has 0 bridgehead atoms. The number of hydrogen-bond acceptors (Lipinski definition) is 3. The highest BCUT2D eigenvalue weighted by atomic mass is 35.5. The van der Waals surface area contributed by atoms with Crippen LogP contribution in [0.4, 0.5) is 5.69 Å². The minimum absolute atomic E-state index is 0.0656. The molecular formula is C13H20ClN3O. The monoisotopic (exact) mass is 269 g/mol. The van der Waals surface area contributed by atoms with Gasteiger partial charge >= 0.3 is 0 Å². The molecule has 5 heteroatoms. The number of hydrogen-bond donors (Lipinski definition) is 1. The number of amides is 1. The predicted molar refractivity (Wildman–Crippen MR) is 75.9 cm³/mol. The van der Waals surface area contributed by atoms with Crippen LogP contribution in [0.15, 0.2) is 18.2 Å². The number of anilines is 1. The second-order valence-electron chi connectivity index (χ2n) is 4.28. The van der Waals surface area contributed by atoms with Gasteiger partial charge in [-0.25, -0.2) is 0 Å². The SMILES string of the molecule is CCN(CC(=O)N(C)C)c1ccc(CN)c(Cl)c1. The second-order valence-corrected chi connectivity index (χ2v) is 4.69. The average molecular weight is 270 g/mol. The normalized spacial score (nSPS) is 10.3. The van der Waals surface area contributed by atoms with Gasteiger partial charge in [0.1, 0.15) is 0 Å². The van der Waals surface area contributed by atoms with E-state index in [-0.39, 0.29) is 5.91 Å². The van der Waals surface area contributed by atoms with Crippen molar-refractivity contribution in [1.29, 1.82) is 0 Å². The van der Waals surface area contributed by atoms with Crippen molar-refractivity contribution >= 4 is 23.2 Å². The molecule has 0 atom stereocenters. The first kappa shape index (κ1) is 14.8. The van der Waals surface area contributed by atoms with E-state index in [9.17, 15) is 4.79 Å². The van der Waals surface area contributed by atoms with Crippen LogP contribution in [0.1, 0.15) is 12.5 Å². The summed E-state index contributed by atoms with van der Waals surface area (Å²) in [4.78, 5) is 15.3. The summed E-state index contributed by atoms with van der Waals surface area (Å²) in [5.41, 5.74) is 7.42. The lowest BCUT2D eigenvalue weighted by atomic mass is 10.2. The first-order valence-electron chi connectivity index (χ1n) is 5.93.